The largest absolute Gasteiger partial charge is 0.481 e. The Hall–Kier alpha value is -1.59. The summed E-state index contributed by atoms with van der Waals surface area (Å²) in [5.41, 5.74) is 1.97. The van der Waals surface area contributed by atoms with Gasteiger partial charge in [-0.15, -0.1) is 0 Å². The zero-order valence-electron chi connectivity index (χ0n) is 12.4. The quantitative estimate of drug-likeness (QED) is 0.908. The molecule has 1 aromatic rings. The van der Waals surface area contributed by atoms with Crippen molar-refractivity contribution >= 4 is 11.7 Å². The summed E-state index contributed by atoms with van der Waals surface area (Å²) < 4.78 is 5.85. The number of hydrogen-bond acceptors (Lipinski definition) is 4. The molecule has 1 aromatic carbocycles. The van der Waals surface area contributed by atoms with Crippen LogP contribution in [0.15, 0.2) is 24.3 Å². The lowest BCUT2D eigenvalue weighted by molar-refractivity contribution is -0.138. The van der Waals surface area contributed by atoms with E-state index in [1.54, 1.807) is 0 Å². The monoisotopic (exact) mass is 290 g/mol. The number of morpholine rings is 1. The molecular weight excluding hydrogens is 268 g/mol. The second-order valence-corrected chi connectivity index (χ2v) is 5.74. The van der Waals surface area contributed by atoms with Gasteiger partial charge in [-0.2, -0.15) is 0 Å². The summed E-state index contributed by atoms with van der Waals surface area (Å²) in [6.45, 7) is 7.17. The number of rotatable bonds is 4. The lowest BCUT2D eigenvalue weighted by Crippen LogP contribution is -2.47. The topological polar surface area (TPSA) is 53.0 Å². The third kappa shape index (κ3) is 2.89. The molecule has 0 bridgehead atoms. The molecule has 1 fully saturated rings. The summed E-state index contributed by atoms with van der Waals surface area (Å²) in [4.78, 5) is 16.0. The van der Waals surface area contributed by atoms with Crippen LogP contribution in [0, 0.1) is 0 Å². The Morgan fingerprint density at radius 2 is 2.19 bits per heavy atom. The molecular formula is C16H22N2O3. The van der Waals surface area contributed by atoms with Gasteiger partial charge in [0.25, 0.3) is 0 Å². The fourth-order valence-electron chi connectivity index (χ4n) is 3.30. The molecule has 2 heterocycles. The van der Waals surface area contributed by atoms with Crippen molar-refractivity contribution in [3.05, 3.63) is 29.8 Å². The van der Waals surface area contributed by atoms with Crippen molar-refractivity contribution in [2.75, 3.05) is 44.2 Å². The summed E-state index contributed by atoms with van der Waals surface area (Å²) in [5.74, 6) is -1.17. The van der Waals surface area contributed by atoms with Gasteiger partial charge < -0.3 is 14.7 Å². The first kappa shape index (κ1) is 14.4. The number of aliphatic carboxylic acids is 1. The molecule has 2 unspecified atom stereocenters. The third-order valence-electron chi connectivity index (χ3n) is 4.45. The van der Waals surface area contributed by atoms with Crippen molar-refractivity contribution < 1.29 is 14.6 Å². The molecule has 0 aliphatic carbocycles. The van der Waals surface area contributed by atoms with Gasteiger partial charge in [-0.3, -0.25) is 9.69 Å². The van der Waals surface area contributed by atoms with Crippen LogP contribution in [0.2, 0.25) is 0 Å². The van der Waals surface area contributed by atoms with Gasteiger partial charge in [0.1, 0.15) is 5.92 Å². The molecule has 5 heteroatoms. The van der Waals surface area contributed by atoms with Crippen molar-refractivity contribution in [1.29, 1.82) is 0 Å². The van der Waals surface area contributed by atoms with Crippen LogP contribution in [-0.4, -0.2) is 61.4 Å². The molecule has 0 amide bonds. The number of carbonyl (C=O) groups is 1. The van der Waals surface area contributed by atoms with Crippen LogP contribution >= 0.6 is 0 Å². The van der Waals surface area contributed by atoms with Crippen LogP contribution in [0.1, 0.15) is 18.4 Å². The van der Waals surface area contributed by atoms with E-state index in [-0.39, 0.29) is 6.10 Å². The van der Waals surface area contributed by atoms with Crippen molar-refractivity contribution in [1.82, 2.24) is 4.90 Å². The number of likely N-dealkylation sites (N-methyl/N-ethyl adjacent to an activating group) is 1. The normalized spacial score (nSPS) is 25.9. The van der Waals surface area contributed by atoms with Crippen molar-refractivity contribution in [2.24, 2.45) is 0 Å². The SMILES string of the molecule is CCN1CCOC(CN2CC(C(=O)O)c3ccccc32)C1. The zero-order valence-corrected chi connectivity index (χ0v) is 12.4. The standard InChI is InChI=1S/C16H22N2O3/c1-2-17-7-8-21-12(9-17)10-18-11-14(16(19)20)13-5-3-4-6-15(13)18/h3-6,12,14H,2,7-11H2,1H3,(H,19,20). The van der Waals surface area contributed by atoms with E-state index >= 15 is 0 Å². The number of ether oxygens (including phenoxy) is 1. The number of carboxylic acid groups (broad SMARTS) is 1. The number of benzene rings is 1. The van der Waals surface area contributed by atoms with Gasteiger partial charge in [0.05, 0.1) is 12.7 Å². The second-order valence-electron chi connectivity index (χ2n) is 5.74. The highest BCUT2D eigenvalue weighted by molar-refractivity contribution is 5.82. The summed E-state index contributed by atoms with van der Waals surface area (Å²) >= 11 is 0. The van der Waals surface area contributed by atoms with Crippen molar-refractivity contribution in [2.45, 2.75) is 18.9 Å². The molecule has 5 nitrogen and oxygen atoms in total. The Kier molecular flexibility index (Phi) is 4.12. The van der Waals surface area contributed by atoms with Gasteiger partial charge in [-0.05, 0) is 18.2 Å². The number of fused-ring (bicyclic) bond motifs is 1. The summed E-state index contributed by atoms with van der Waals surface area (Å²) in [5, 5.41) is 9.40. The molecule has 2 aliphatic rings. The minimum atomic E-state index is -0.746. The smallest absolute Gasteiger partial charge is 0.312 e. The number of nitrogens with zero attached hydrogens (tertiary/aromatic N) is 2. The first-order valence-corrected chi connectivity index (χ1v) is 7.59. The van der Waals surface area contributed by atoms with Crippen LogP contribution in [0.5, 0.6) is 0 Å². The van der Waals surface area contributed by atoms with Crippen LogP contribution in [-0.2, 0) is 9.53 Å². The van der Waals surface area contributed by atoms with Gasteiger partial charge in [0.15, 0.2) is 0 Å². The van der Waals surface area contributed by atoms with E-state index in [2.05, 4.69) is 16.7 Å². The predicted molar refractivity (Wildman–Crippen MR) is 80.9 cm³/mol. The molecule has 0 spiro atoms. The molecule has 1 N–H and O–H groups in total. The molecule has 0 aromatic heterocycles. The average Bonchev–Trinajstić information content (AvgIpc) is 2.87. The van der Waals surface area contributed by atoms with Gasteiger partial charge >= 0.3 is 5.97 Å². The van der Waals surface area contributed by atoms with Gasteiger partial charge in [-0.25, -0.2) is 0 Å². The van der Waals surface area contributed by atoms with E-state index in [1.807, 2.05) is 24.3 Å². The van der Waals surface area contributed by atoms with E-state index in [4.69, 9.17) is 4.74 Å². The molecule has 1 saturated heterocycles. The highest BCUT2D eigenvalue weighted by atomic mass is 16.5. The Labute approximate surface area is 125 Å². The fourth-order valence-corrected chi connectivity index (χ4v) is 3.30. The number of anilines is 1. The highest BCUT2D eigenvalue weighted by Gasteiger charge is 2.34. The van der Waals surface area contributed by atoms with Crippen LogP contribution in [0.4, 0.5) is 5.69 Å². The molecule has 3 rings (SSSR count). The third-order valence-corrected chi connectivity index (χ3v) is 4.45. The Morgan fingerprint density at radius 3 is 2.95 bits per heavy atom. The predicted octanol–water partition coefficient (Wildman–Crippen LogP) is 1.40. The zero-order chi connectivity index (χ0) is 14.8. The van der Waals surface area contributed by atoms with E-state index in [0.717, 1.165) is 44.0 Å². The Morgan fingerprint density at radius 1 is 1.38 bits per heavy atom. The summed E-state index contributed by atoms with van der Waals surface area (Å²) in [7, 11) is 0. The summed E-state index contributed by atoms with van der Waals surface area (Å²) in [6, 6.07) is 7.82. The number of hydrogen-bond donors (Lipinski definition) is 1. The maximum absolute atomic E-state index is 11.4. The van der Waals surface area contributed by atoms with E-state index < -0.39 is 11.9 Å². The number of para-hydroxylation sites is 1. The minimum absolute atomic E-state index is 0.152. The van der Waals surface area contributed by atoms with Crippen molar-refractivity contribution in [3.8, 4) is 0 Å². The van der Waals surface area contributed by atoms with Crippen molar-refractivity contribution in [3.63, 3.8) is 0 Å². The lowest BCUT2D eigenvalue weighted by atomic mass is 10.0. The molecule has 0 saturated carbocycles. The molecule has 0 radical (unpaired) electrons. The maximum atomic E-state index is 11.4. The van der Waals surface area contributed by atoms with Crippen LogP contribution < -0.4 is 4.90 Å². The van der Waals surface area contributed by atoms with Gasteiger partial charge in [0, 0.05) is 31.9 Å². The van der Waals surface area contributed by atoms with E-state index in [0.29, 0.717) is 6.54 Å². The maximum Gasteiger partial charge on any atom is 0.312 e. The first-order chi connectivity index (χ1) is 10.2. The Balaban J connectivity index is 1.73. The second kappa shape index (κ2) is 6.03. The van der Waals surface area contributed by atoms with Gasteiger partial charge in [-0.1, -0.05) is 25.1 Å². The average molecular weight is 290 g/mol. The highest BCUT2D eigenvalue weighted by Crippen LogP contribution is 2.36. The summed E-state index contributed by atoms with van der Waals surface area (Å²) in [6.07, 6.45) is 0.152. The lowest BCUT2D eigenvalue weighted by Gasteiger charge is -2.34. The fraction of sp³-hybridized carbons (Fsp3) is 0.562. The minimum Gasteiger partial charge on any atom is -0.481 e. The first-order valence-electron chi connectivity index (χ1n) is 7.59. The van der Waals surface area contributed by atoms with Crippen LogP contribution in [0.25, 0.3) is 0 Å². The van der Waals surface area contributed by atoms with Gasteiger partial charge in [0.2, 0.25) is 0 Å². The molecule has 2 aliphatic heterocycles. The number of carboxylic acids is 1. The molecule has 21 heavy (non-hydrogen) atoms. The van der Waals surface area contributed by atoms with Crippen LogP contribution in [0.3, 0.4) is 0 Å². The molecule has 2 atom stereocenters. The molecule has 114 valence electrons. The van der Waals surface area contributed by atoms with E-state index in [9.17, 15) is 9.90 Å². The Bertz CT molecular complexity index is 520. The van der Waals surface area contributed by atoms with E-state index in [1.165, 1.54) is 0 Å².